The maximum absolute atomic E-state index is 13.4. The third-order valence-electron chi connectivity index (χ3n) is 4.55. The van der Waals surface area contributed by atoms with E-state index in [1.807, 2.05) is 0 Å². The lowest BCUT2D eigenvalue weighted by molar-refractivity contribution is -0.135. The number of nitrogens with zero attached hydrogens (tertiary/aromatic N) is 1. The fourth-order valence-corrected chi connectivity index (χ4v) is 3.16. The lowest BCUT2D eigenvalue weighted by Crippen LogP contribution is -2.52. The van der Waals surface area contributed by atoms with Gasteiger partial charge in [0, 0.05) is 31.1 Å². The lowest BCUT2D eigenvalue weighted by atomic mass is 9.86. The number of benzene rings is 1. The first-order chi connectivity index (χ1) is 11.0. The molecule has 23 heavy (non-hydrogen) atoms. The third kappa shape index (κ3) is 3.43. The van der Waals surface area contributed by atoms with E-state index in [0.29, 0.717) is 25.6 Å². The van der Waals surface area contributed by atoms with Crippen LogP contribution in [0.5, 0.6) is 5.75 Å². The van der Waals surface area contributed by atoms with Gasteiger partial charge in [0.05, 0.1) is 0 Å². The topological polar surface area (TPSA) is 58.6 Å². The number of hydrogen-bond acceptors (Lipinski definition) is 3. The van der Waals surface area contributed by atoms with Crippen molar-refractivity contribution in [3.63, 3.8) is 0 Å². The number of nitrogens with one attached hydrogen (secondary N) is 1. The smallest absolute Gasteiger partial charge is 0.260 e. The van der Waals surface area contributed by atoms with E-state index in [0.717, 1.165) is 31.4 Å². The van der Waals surface area contributed by atoms with Crippen LogP contribution < -0.4 is 10.1 Å². The van der Waals surface area contributed by atoms with E-state index in [-0.39, 0.29) is 29.7 Å². The molecule has 5 nitrogen and oxygen atoms in total. The number of likely N-dealkylation sites (tertiary alicyclic amines) is 1. The van der Waals surface area contributed by atoms with Gasteiger partial charge < -0.3 is 15.0 Å². The molecule has 0 bridgehead atoms. The van der Waals surface area contributed by atoms with Crippen LogP contribution in [0.25, 0.3) is 0 Å². The number of rotatable bonds is 3. The Hall–Kier alpha value is -2.18. The minimum absolute atomic E-state index is 0.0693. The molecular weight excluding hydrogens is 306 g/mol. The van der Waals surface area contributed by atoms with E-state index < -0.39 is 11.6 Å². The van der Waals surface area contributed by atoms with Crippen molar-refractivity contribution in [2.45, 2.75) is 31.2 Å². The van der Waals surface area contributed by atoms with Crippen LogP contribution in [0.3, 0.4) is 0 Å². The Morgan fingerprint density at radius 3 is 2.61 bits per heavy atom. The van der Waals surface area contributed by atoms with Gasteiger partial charge in [-0.2, -0.15) is 0 Å². The number of carbonyl (C=O) groups excluding carboxylic acids is 2. The molecule has 2 fully saturated rings. The molecule has 2 amide bonds. The molecule has 0 aliphatic carbocycles. The summed E-state index contributed by atoms with van der Waals surface area (Å²) in [7, 11) is 0. The number of piperidine rings is 1. The van der Waals surface area contributed by atoms with Crippen molar-refractivity contribution >= 4 is 11.8 Å². The molecule has 2 aliphatic rings. The molecule has 3 rings (SSSR count). The van der Waals surface area contributed by atoms with Crippen LogP contribution in [0.1, 0.15) is 25.7 Å². The van der Waals surface area contributed by atoms with Crippen molar-refractivity contribution in [3.05, 3.63) is 29.8 Å². The van der Waals surface area contributed by atoms with Gasteiger partial charge in [-0.25, -0.2) is 8.78 Å². The van der Waals surface area contributed by atoms with Crippen molar-refractivity contribution in [3.8, 4) is 5.75 Å². The average molecular weight is 324 g/mol. The Bertz CT molecular complexity index is 628. The van der Waals surface area contributed by atoms with Gasteiger partial charge in [-0.3, -0.25) is 9.59 Å². The molecule has 0 radical (unpaired) electrons. The highest BCUT2D eigenvalue weighted by Gasteiger charge is 2.40. The second-order valence-corrected chi connectivity index (χ2v) is 6.07. The SMILES string of the molecule is O=C1CCC2(CCN(C(=O)COc3ccc(F)cc3F)CC2)N1. The first-order valence-corrected chi connectivity index (χ1v) is 7.64. The van der Waals surface area contributed by atoms with Crippen LogP contribution in [-0.4, -0.2) is 41.9 Å². The van der Waals surface area contributed by atoms with E-state index in [4.69, 9.17) is 4.74 Å². The average Bonchev–Trinajstić information content (AvgIpc) is 2.87. The molecule has 1 aromatic rings. The molecule has 0 aromatic heterocycles. The van der Waals surface area contributed by atoms with Gasteiger partial charge in [-0.15, -0.1) is 0 Å². The molecule has 0 saturated carbocycles. The van der Waals surface area contributed by atoms with E-state index in [2.05, 4.69) is 5.32 Å². The molecule has 124 valence electrons. The third-order valence-corrected chi connectivity index (χ3v) is 4.55. The summed E-state index contributed by atoms with van der Waals surface area (Å²) in [5.41, 5.74) is -0.169. The highest BCUT2D eigenvalue weighted by molar-refractivity contribution is 5.80. The minimum atomic E-state index is -0.830. The predicted molar refractivity (Wildman–Crippen MR) is 77.8 cm³/mol. The summed E-state index contributed by atoms with van der Waals surface area (Å²) in [5, 5.41) is 3.01. The normalized spacial score (nSPS) is 19.7. The number of hydrogen-bond donors (Lipinski definition) is 1. The number of carbonyl (C=O) groups is 2. The summed E-state index contributed by atoms with van der Waals surface area (Å²) >= 11 is 0. The van der Waals surface area contributed by atoms with E-state index in [1.165, 1.54) is 0 Å². The minimum Gasteiger partial charge on any atom is -0.481 e. The molecule has 7 heteroatoms. The van der Waals surface area contributed by atoms with Gasteiger partial charge in [-0.1, -0.05) is 0 Å². The maximum atomic E-state index is 13.4. The van der Waals surface area contributed by atoms with Gasteiger partial charge in [0.15, 0.2) is 18.2 Å². The predicted octanol–water partition coefficient (Wildman–Crippen LogP) is 1.61. The molecule has 2 saturated heterocycles. The van der Waals surface area contributed by atoms with Crippen LogP contribution in [0.15, 0.2) is 18.2 Å². The first-order valence-electron chi connectivity index (χ1n) is 7.64. The van der Waals surface area contributed by atoms with Gasteiger partial charge >= 0.3 is 0 Å². The van der Waals surface area contributed by atoms with Crippen molar-refractivity contribution in [1.82, 2.24) is 10.2 Å². The zero-order valence-electron chi connectivity index (χ0n) is 12.6. The second kappa shape index (κ2) is 6.14. The quantitative estimate of drug-likeness (QED) is 0.919. The highest BCUT2D eigenvalue weighted by atomic mass is 19.1. The Kier molecular flexibility index (Phi) is 4.19. The van der Waals surface area contributed by atoms with E-state index >= 15 is 0 Å². The molecule has 1 N–H and O–H groups in total. The molecular formula is C16H18F2N2O3. The van der Waals surface area contributed by atoms with Gasteiger partial charge in [0.1, 0.15) is 5.82 Å². The fourth-order valence-electron chi connectivity index (χ4n) is 3.16. The Labute approximate surface area is 132 Å². The van der Waals surface area contributed by atoms with Crippen LogP contribution in [0, 0.1) is 11.6 Å². The molecule has 2 aliphatic heterocycles. The van der Waals surface area contributed by atoms with E-state index in [1.54, 1.807) is 4.90 Å². The second-order valence-electron chi connectivity index (χ2n) is 6.07. The molecule has 0 atom stereocenters. The molecule has 0 unspecified atom stereocenters. The number of halogens is 2. The summed E-state index contributed by atoms with van der Waals surface area (Å²) < 4.78 is 31.4. The van der Waals surface area contributed by atoms with Crippen molar-refractivity contribution < 1.29 is 23.1 Å². The van der Waals surface area contributed by atoms with Gasteiger partial charge in [0.25, 0.3) is 5.91 Å². The van der Waals surface area contributed by atoms with Crippen LogP contribution in [-0.2, 0) is 9.59 Å². The van der Waals surface area contributed by atoms with Crippen LogP contribution in [0.2, 0.25) is 0 Å². The molecule has 1 spiro atoms. The van der Waals surface area contributed by atoms with E-state index in [9.17, 15) is 18.4 Å². The monoisotopic (exact) mass is 324 g/mol. The Morgan fingerprint density at radius 2 is 2.00 bits per heavy atom. The summed E-state index contributed by atoms with van der Waals surface area (Å²) in [6.45, 7) is 0.782. The van der Waals surface area contributed by atoms with Crippen molar-refractivity contribution in [1.29, 1.82) is 0 Å². The zero-order valence-corrected chi connectivity index (χ0v) is 12.6. The van der Waals surface area contributed by atoms with Crippen LogP contribution >= 0.6 is 0 Å². The summed E-state index contributed by atoms with van der Waals surface area (Å²) in [4.78, 5) is 25.2. The highest BCUT2D eigenvalue weighted by Crippen LogP contribution is 2.31. The largest absolute Gasteiger partial charge is 0.481 e. The summed E-state index contributed by atoms with van der Waals surface area (Å²) in [6, 6.07) is 2.96. The lowest BCUT2D eigenvalue weighted by Gasteiger charge is -2.39. The Morgan fingerprint density at radius 1 is 1.26 bits per heavy atom. The maximum Gasteiger partial charge on any atom is 0.260 e. The van der Waals surface area contributed by atoms with Crippen LogP contribution in [0.4, 0.5) is 8.78 Å². The van der Waals surface area contributed by atoms with Crippen molar-refractivity contribution in [2.75, 3.05) is 19.7 Å². The standard InChI is InChI=1S/C16H18F2N2O3/c17-11-1-2-13(12(18)9-11)23-10-15(22)20-7-5-16(6-8-20)4-3-14(21)19-16/h1-2,9H,3-8,10H2,(H,19,21). The fraction of sp³-hybridized carbons (Fsp3) is 0.500. The van der Waals surface area contributed by atoms with Gasteiger partial charge in [-0.05, 0) is 31.4 Å². The first kappa shape index (κ1) is 15.7. The molecule has 1 aromatic carbocycles. The zero-order chi connectivity index (χ0) is 16.4. The van der Waals surface area contributed by atoms with Crippen molar-refractivity contribution in [2.24, 2.45) is 0 Å². The Balaban J connectivity index is 1.51. The summed E-state index contributed by atoms with van der Waals surface area (Å²) in [5.74, 6) is -1.84. The number of amides is 2. The van der Waals surface area contributed by atoms with Gasteiger partial charge in [0.2, 0.25) is 5.91 Å². The number of ether oxygens (including phenoxy) is 1. The molecule has 2 heterocycles. The summed E-state index contributed by atoms with van der Waals surface area (Å²) in [6.07, 6.45) is 2.79.